The standard InChI is InChI=1S/C12H15FN2O4/c1-7(16)6-15(2)12(19)14-10-8(11(17)18)4-3-5-9(10)13/h3-5,7,16H,6H2,1-2H3,(H,14,19)(H,17,18). The number of nitrogens with zero attached hydrogens (tertiary/aromatic N) is 1. The maximum absolute atomic E-state index is 13.6. The lowest BCUT2D eigenvalue weighted by Gasteiger charge is -2.20. The number of nitrogens with one attached hydrogen (secondary N) is 1. The van der Waals surface area contributed by atoms with Gasteiger partial charge in [-0.1, -0.05) is 6.07 Å². The molecule has 0 aliphatic carbocycles. The molecular weight excluding hydrogens is 255 g/mol. The smallest absolute Gasteiger partial charge is 0.337 e. The van der Waals surface area contributed by atoms with Crippen LogP contribution in [0.3, 0.4) is 0 Å². The molecule has 0 saturated heterocycles. The lowest BCUT2D eigenvalue weighted by molar-refractivity contribution is 0.0697. The zero-order valence-electron chi connectivity index (χ0n) is 10.6. The van der Waals surface area contributed by atoms with Gasteiger partial charge in [-0.2, -0.15) is 0 Å². The van der Waals surface area contributed by atoms with E-state index in [9.17, 15) is 14.0 Å². The Hall–Kier alpha value is -2.15. The minimum atomic E-state index is -1.34. The summed E-state index contributed by atoms with van der Waals surface area (Å²) in [5, 5.41) is 20.2. The summed E-state index contributed by atoms with van der Waals surface area (Å²) in [6.45, 7) is 1.54. The lowest BCUT2D eigenvalue weighted by atomic mass is 10.1. The summed E-state index contributed by atoms with van der Waals surface area (Å²) in [4.78, 5) is 23.8. The zero-order valence-corrected chi connectivity index (χ0v) is 10.6. The van der Waals surface area contributed by atoms with Gasteiger partial charge in [-0.25, -0.2) is 14.0 Å². The number of rotatable bonds is 4. The van der Waals surface area contributed by atoms with Crippen LogP contribution >= 0.6 is 0 Å². The van der Waals surface area contributed by atoms with Crippen LogP contribution in [0.2, 0.25) is 0 Å². The summed E-state index contributed by atoms with van der Waals surface area (Å²) in [6.07, 6.45) is -0.740. The van der Waals surface area contributed by atoms with Gasteiger partial charge in [-0.15, -0.1) is 0 Å². The lowest BCUT2D eigenvalue weighted by Crippen LogP contribution is -2.36. The van der Waals surface area contributed by atoms with Gasteiger partial charge in [0.15, 0.2) is 0 Å². The Balaban J connectivity index is 2.93. The fourth-order valence-electron chi connectivity index (χ4n) is 1.51. The summed E-state index contributed by atoms with van der Waals surface area (Å²) >= 11 is 0. The number of hydrogen-bond donors (Lipinski definition) is 3. The molecular formula is C12H15FN2O4. The van der Waals surface area contributed by atoms with Crippen LogP contribution < -0.4 is 5.32 Å². The molecule has 19 heavy (non-hydrogen) atoms. The predicted octanol–water partition coefficient (Wildman–Crippen LogP) is 1.37. The molecule has 104 valence electrons. The highest BCUT2D eigenvalue weighted by molar-refractivity contribution is 6.00. The number of halogens is 1. The number of carboxylic acids is 1. The number of carbonyl (C=O) groups excluding carboxylic acids is 1. The van der Waals surface area contributed by atoms with E-state index in [1.54, 1.807) is 0 Å². The monoisotopic (exact) mass is 270 g/mol. The van der Waals surface area contributed by atoms with Crippen LogP contribution in [-0.4, -0.2) is 46.8 Å². The molecule has 0 heterocycles. The highest BCUT2D eigenvalue weighted by Crippen LogP contribution is 2.20. The van der Waals surface area contributed by atoms with Crippen molar-refractivity contribution in [3.63, 3.8) is 0 Å². The molecule has 0 radical (unpaired) electrons. The predicted molar refractivity (Wildman–Crippen MR) is 66.7 cm³/mol. The molecule has 0 fully saturated rings. The van der Waals surface area contributed by atoms with Gasteiger partial charge in [0, 0.05) is 13.6 Å². The summed E-state index contributed by atoms with van der Waals surface area (Å²) in [5.74, 6) is -2.17. The number of aromatic carboxylic acids is 1. The molecule has 3 N–H and O–H groups in total. The van der Waals surface area contributed by atoms with Crippen LogP contribution in [0, 0.1) is 5.82 Å². The Bertz CT molecular complexity index is 491. The first-order valence-electron chi connectivity index (χ1n) is 5.55. The molecule has 1 aromatic carbocycles. The maximum Gasteiger partial charge on any atom is 0.337 e. The summed E-state index contributed by atoms with van der Waals surface area (Å²) in [6, 6.07) is 2.79. The van der Waals surface area contributed by atoms with Gasteiger partial charge in [0.25, 0.3) is 0 Å². The molecule has 0 aromatic heterocycles. The second kappa shape index (κ2) is 6.14. The Morgan fingerprint density at radius 1 is 1.47 bits per heavy atom. The molecule has 1 unspecified atom stereocenters. The second-order valence-electron chi connectivity index (χ2n) is 4.13. The topological polar surface area (TPSA) is 89.9 Å². The van der Waals surface area contributed by atoms with Crippen molar-refractivity contribution in [2.24, 2.45) is 0 Å². The number of aliphatic hydroxyl groups is 1. The van der Waals surface area contributed by atoms with Gasteiger partial charge < -0.3 is 20.4 Å². The van der Waals surface area contributed by atoms with E-state index < -0.39 is 29.6 Å². The van der Waals surface area contributed by atoms with Gasteiger partial charge >= 0.3 is 12.0 Å². The first-order chi connectivity index (χ1) is 8.82. The van der Waals surface area contributed by atoms with E-state index in [1.807, 2.05) is 0 Å². The Kier molecular flexibility index (Phi) is 4.82. The average molecular weight is 270 g/mol. The Labute approximate surface area is 109 Å². The first kappa shape index (κ1) is 14.9. The molecule has 2 amide bonds. The number of amides is 2. The van der Waals surface area contributed by atoms with Crippen molar-refractivity contribution in [2.75, 3.05) is 18.9 Å². The van der Waals surface area contributed by atoms with Gasteiger partial charge in [-0.3, -0.25) is 0 Å². The molecule has 1 atom stereocenters. The number of carboxylic acid groups (broad SMARTS) is 1. The highest BCUT2D eigenvalue weighted by Gasteiger charge is 2.18. The SMILES string of the molecule is CC(O)CN(C)C(=O)Nc1c(F)cccc1C(=O)O. The number of hydrogen-bond acceptors (Lipinski definition) is 3. The van der Waals surface area contributed by atoms with Gasteiger partial charge in [-0.05, 0) is 19.1 Å². The summed E-state index contributed by atoms with van der Waals surface area (Å²) in [5.41, 5.74) is -0.726. The number of likely N-dealkylation sites (N-methyl/N-ethyl adjacent to an activating group) is 1. The fourth-order valence-corrected chi connectivity index (χ4v) is 1.51. The molecule has 0 bridgehead atoms. The van der Waals surface area contributed by atoms with Crippen LogP contribution in [0.5, 0.6) is 0 Å². The highest BCUT2D eigenvalue weighted by atomic mass is 19.1. The van der Waals surface area contributed by atoms with Gasteiger partial charge in [0.05, 0.1) is 17.4 Å². The van der Waals surface area contributed by atoms with Crippen molar-refractivity contribution in [1.82, 2.24) is 4.90 Å². The number of aliphatic hydroxyl groups excluding tert-OH is 1. The van der Waals surface area contributed by atoms with Crippen molar-refractivity contribution >= 4 is 17.7 Å². The van der Waals surface area contributed by atoms with E-state index in [2.05, 4.69) is 5.32 Å². The van der Waals surface area contributed by atoms with Crippen molar-refractivity contribution < 1.29 is 24.2 Å². The third kappa shape index (κ3) is 3.92. The van der Waals surface area contributed by atoms with Crippen LogP contribution in [0.1, 0.15) is 17.3 Å². The molecule has 0 saturated carbocycles. The molecule has 0 aliphatic heterocycles. The minimum Gasteiger partial charge on any atom is -0.478 e. The maximum atomic E-state index is 13.6. The van der Waals surface area contributed by atoms with E-state index in [0.29, 0.717) is 0 Å². The molecule has 1 rings (SSSR count). The normalized spacial score (nSPS) is 11.8. The molecule has 0 aliphatic rings. The second-order valence-corrected chi connectivity index (χ2v) is 4.13. The Morgan fingerprint density at radius 2 is 2.11 bits per heavy atom. The fraction of sp³-hybridized carbons (Fsp3) is 0.333. The number of para-hydroxylation sites is 1. The summed E-state index contributed by atoms with van der Waals surface area (Å²) < 4.78 is 13.6. The van der Waals surface area contributed by atoms with Crippen molar-refractivity contribution in [3.05, 3.63) is 29.6 Å². The number of carbonyl (C=O) groups is 2. The molecule has 0 spiro atoms. The molecule has 1 aromatic rings. The third-order valence-corrected chi connectivity index (χ3v) is 2.36. The van der Waals surface area contributed by atoms with Crippen LogP contribution in [0.15, 0.2) is 18.2 Å². The van der Waals surface area contributed by atoms with Crippen LogP contribution in [-0.2, 0) is 0 Å². The zero-order chi connectivity index (χ0) is 14.6. The Morgan fingerprint density at radius 3 is 2.63 bits per heavy atom. The largest absolute Gasteiger partial charge is 0.478 e. The van der Waals surface area contributed by atoms with Crippen molar-refractivity contribution in [3.8, 4) is 0 Å². The number of benzene rings is 1. The minimum absolute atomic E-state index is 0.0443. The van der Waals surface area contributed by atoms with Crippen molar-refractivity contribution in [1.29, 1.82) is 0 Å². The van der Waals surface area contributed by atoms with E-state index in [0.717, 1.165) is 11.0 Å². The number of anilines is 1. The summed E-state index contributed by atoms with van der Waals surface area (Å²) in [7, 11) is 1.41. The van der Waals surface area contributed by atoms with Gasteiger partial charge in [0.2, 0.25) is 0 Å². The number of urea groups is 1. The average Bonchev–Trinajstić information content (AvgIpc) is 2.30. The van der Waals surface area contributed by atoms with Crippen molar-refractivity contribution in [2.45, 2.75) is 13.0 Å². The van der Waals surface area contributed by atoms with Crippen LogP contribution in [0.4, 0.5) is 14.9 Å². The van der Waals surface area contributed by atoms with Crippen LogP contribution in [0.25, 0.3) is 0 Å². The first-order valence-corrected chi connectivity index (χ1v) is 5.55. The van der Waals surface area contributed by atoms with Gasteiger partial charge in [0.1, 0.15) is 5.82 Å². The van der Waals surface area contributed by atoms with E-state index in [4.69, 9.17) is 10.2 Å². The quantitative estimate of drug-likeness (QED) is 0.770. The molecule has 6 nitrogen and oxygen atoms in total. The third-order valence-electron chi connectivity index (χ3n) is 2.36. The van der Waals surface area contributed by atoms with E-state index in [-0.39, 0.29) is 12.1 Å². The molecule has 7 heteroatoms. The van der Waals surface area contributed by atoms with E-state index >= 15 is 0 Å². The van der Waals surface area contributed by atoms with E-state index in [1.165, 1.54) is 26.1 Å².